The second kappa shape index (κ2) is 33.5. The quantitative estimate of drug-likeness (QED) is 0.0498. The largest absolute Gasteiger partial charge is 0.463 e. The highest BCUT2D eigenvalue weighted by molar-refractivity contribution is 5.69. The van der Waals surface area contributed by atoms with Gasteiger partial charge in [0.15, 0.2) is 6.29 Å². The van der Waals surface area contributed by atoms with Gasteiger partial charge in [-0.1, -0.05) is 58.3 Å². The van der Waals surface area contributed by atoms with Crippen molar-refractivity contribution in [2.75, 3.05) is 112 Å². The minimum absolute atomic E-state index is 0.0686. The second-order valence-corrected chi connectivity index (χ2v) is 11.1. The molecule has 0 aromatic heterocycles. The van der Waals surface area contributed by atoms with Crippen LogP contribution in [-0.4, -0.2) is 158 Å². The molecular formula is C33H64O14. The Balaban J connectivity index is 2.44. The van der Waals surface area contributed by atoms with E-state index >= 15 is 0 Å². The van der Waals surface area contributed by atoms with Crippen molar-refractivity contribution in [1.29, 1.82) is 0 Å². The highest BCUT2D eigenvalue weighted by Gasteiger charge is 2.44. The fourth-order valence-corrected chi connectivity index (χ4v) is 4.84. The summed E-state index contributed by atoms with van der Waals surface area (Å²) in [4.78, 5) is 12.0. The van der Waals surface area contributed by atoms with Crippen molar-refractivity contribution < 1.29 is 67.5 Å². The zero-order chi connectivity index (χ0) is 34.0. The first-order valence-electron chi connectivity index (χ1n) is 17.5. The van der Waals surface area contributed by atoms with Crippen molar-refractivity contribution in [2.45, 2.75) is 95.7 Å². The molecule has 0 aliphatic carbocycles. The number of aliphatic hydroxyl groups is 3. The zero-order valence-electron chi connectivity index (χ0n) is 28.7. The lowest BCUT2D eigenvalue weighted by Crippen LogP contribution is -2.45. The van der Waals surface area contributed by atoms with E-state index in [-0.39, 0.29) is 112 Å². The van der Waals surface area contributed by atoms with Crippen LogP contribution < -0.4 is 0 Å². The molecule has 0 bridgehead atoms. The number of ether oxygens (including phenoxy) is 10. The third-order valence-electron chi connectivity index (χ3n) is 7.21. The molecule has 0 spiro atoms. The number of hydrogen-bond acceptors (Lipinski definition) is 14. The first-order chi connectivity index (χ1) is 23.2. The number of carbonyl (C=O) groups is 1. The molecule has 1 saturated heterocycles. The van der Waals surface area contributed by atoms with Gasteiger partial charge >= 0.3 is 5.97 Å². The Hall–Kier alpha value is -1.01. The molecule has 0 radical (unpaired) electrons. The Bertz CT molecular complexity index is 673. The predicted molar refractivity (Wildman–Crippen MR) is 172 cm³/mol. The van der Waals surface area contributed by atoms with Crippen LogP contribution in [-0.2, 0) is 52.2 Å². The number of esters is 1. The maximum atomic E-state index is 12.0. The topological polar surface area (TPSA) is 170 Å². The normalized spacial score (nSPS) is 18.6. The van der Waals surface area contributed by atoms with Crippen LogP contribution in [0.5, 0.6) is 0 Å². The summed E-state index contributed by atoms with van der Waals surface area (Å²) in [5.41, 5.74) is 0. The van der Waals surface area contributed by atoms with E-state index < -0.39 is 24.6 Å². The predicted octanol–water partition coefficient (Wildman–Crippen LogP) is 2.02. The molecule has 1 aliphatic rings. The summed E-state index contributed by atoms with van der Waals surface area (Å²) in [6, 6.07) is 0. The van der Waals surface area contributed by atoms with Crippen molar-refractivity contribution in [3.8, 4) is 0 Å². The molecule has 3 N–H and O–H groups in total. The average Bonchev–Trinajstić information content (AvgIpc) is 3.47. The summed E-state index contributed by atoms with van der Waals surface area (Å²) < 4.78 is 56.9. The van der Waals surface area contributed by atoms with Crippen LogP contribution in [0.3, 0.4) is 0 Å². The van der Waals surface area contributed by atoms with Crippen LogP contribution >= 0.6 is 0 Å². The molecule has 0 saturated carbocycles. The van der Waals surface area contributed by atoms with E-state index in [4.69, 9.17) is 62.7 Å². The molecule has 0 amide bonds. The Morgan fingerprint density at radius 3 is 1.68 bits per heavy atom. The third kappa shape index (κ3) is 24.7. The fourth-order valence-electron chi connectivity index (χ4n) is 4.84. The van der Waals surface area contributed by atoms with Crippen LogP contribution in [0.4, 0.5) is 0 Å². The molecule has 4 atom stereocenters. The zero-order valence-corrected chi connectivity index (χ0v) is 28.7. The molecule has 1 rings (SSSR count). The maximum Gasteiger partial charge on any atom is 0.305 e. The van der Waals surface area contributed by atoms with E-state index in [0.29, 0.717) is 13.0 Å². The number of carbonyl (C=O) groups excluding carboxylic acids is 1. The first-order valence-corrected chi connectivity index (χ1v) is 17.5. The standard InChI is InChI=1S/C33H64O14/c1-2-3-4-5-6-7-8-9-10-11-30(37)43-24-19-41-22-27-46-33(45-26-21-40-17-14-36)32-31(44-25-20-39-16-13-35)29(28-47-32)42-23-18-38-15-12-34/h29,31-36H,2-28H2,1H3/t29?,31?,32-,33?/m0/s1. The summed E-state index contributed by atoms with van der Waals surface area (Å²) >= 11 is 0. The molecule has 1 aliphatic heterocycles. The molecule has 3 unspecified atom stereocenters. The van der Waals surface area contributed by atoms with E-state index in [1.165, 1.54) is 38.5 Å². The Morgan fingerprint density at radius 1 is 0.617 bits per heavy atom. The van der Waals surface area contributed by atoms with Gasteiger partial charge in [0, 0.05) is 6.42 Å². The van der Waals surface area contributed by atoms with Gasteiger partial charge in [-0.2, -0.15) is 0 Å². The van der Waals surface area contributed by atoms with Crippen LogP contribution in [0.25, 0.3) is 0 Å². The van der Waals surface area contributed by atoms with Gasteiger partial charge in [-0.05, 0) is 6.42 Å². The lowest BCUT2D eigenvalue weighted by Gasteiger charge is -2.29. The van der Waals surface area contributed by atoms with Crippen molar-refractivity contribution in [1.82, 2.24) is 0 Å². The van der Waals surface area contributed by atoms with Crippen LogP contribution in [0.15, 0.2) is 0 Å². The van der Waals surface area contributed by atoms with Crippen molar-refractivity contribution >= 4 is 5.97 Å². The van der Waals surface area contributed by atoms with Gasteiger partial charge in [-0.25, -0.2) is 0 Å². The lowest BCUT2D eigenvalue weighted by atomic mass is 10.1. The highest BCUT2D eigenvalue weighted by atomic mass is 16.7. The SMILES string of the molecule is CCCCCCCCCCCC(=O)OCCOCCOC(OCCOCCO)[C@H]1OCC(OCCOCCO)C1OCCOCCO. The van der Waals surface area contributed by atoms with Crippen LogP contribution in [0.1, 0.15) is 71.1 Å². The minimum atomic E-state index is -0.840. The minimum Gasteiger partial charge on any atom is -0.463 e. The first kappa shape index (κ1) is 44.0. The van der Waals surface area contributed by atoms with Gasteiger partial charge in [0.2, 0.25) is 0 Å². The highest BCUT2D eigenvalue weighted by Crippen LogP contribution is 2.26. The van der Waals surface area contributed by atoms with Crippen molar-refractivity contribution in [2.24, 2.45) is 0 Å². The number of rotatable bonds is 36. The molecule has 0 aromatic rings. The summed E-state index contributed by atoms with van der Waals surface area (Å²) in [6.45, 7) is 5.22. The van der Waals surface area contributed by atoms with E-state index in [1.54, 1.807) is 0 Å². The number of hydrogen-bond donors (Lipinski definition) is 3. The lowest BCUT2D eigenvalue weighted by molar-refractivity contribution is -0.225. The maximum absolute atomic E-state index is 12.0. The molecule has 1 heterocycles. The molecular weight excluding hydrogens is 620 g/mol. The van der Waals surface area contributed by atoms with Gasteiger partial charge < -0.3 is 62.7 Å². The Labute approximate surface area is 281 Å². The fraction of sp³-hybridized carbons (Fsp3) is 0.970. The van der Waals surface area contributed by atoms with Crippen LogP contribution in [0, 0.1) is 0 Å². The van der Waals surface area contributed by atoms with Crippen molar-refractivity contribution in [3.63, 3.8) is 0 Å². The number of aliphatic hydroxyl groups excluding tert-OH is 3. The molecule has 14 nitrogen and oxygen atoms in total. The van der Waals surface area contributed by atoms with Crippen LogP contribution in [0.2, 0.25) is 0 Å². The summed E-state index contributed by atoms with van der Waals surface area (Å²) in [5.74, 6) is -0.201. The second-order valence-electron chi connectivity index (χ2n) is 11.1. The molecule has 47 heavy (non-hydrogen) atoms. The van der Waals surface area contributed by atoms with E-state index in [1.807, 2.05) is 0 Å². The summed E-state index contributed by atoms with van der Waals surface area (Å²) in [5, 5.41) is 26.8. The molecule has 1 fully saturated rings. The smallest absolute Gasteiger partial charge is 0.305 e. The van der Waals surface area contributed by atoms with E-state index in [0.717, 1.165) is 19.3 Å². The van der Waals surface area contributed by atoms with Gasteiger partial charge in [0.1, 0.15) is 24.9 Å². The Kier molecular flexibility index (Phi) is 31.4. The number of unbranched alkanes of at least 4 members (excludes halogenated alkanes) is 8. The van der Waals surface area contributed by atoms with E-state index in [2.05, 4.69) is 6.92 Å². The van der Waals surface area contributed by atoms with Gasteiger partial charge in [-0.15, -0.1) is 0 Å². The monoisotopic (exact) mass is 684 g/mol. The molecule has 14 heteroatoms. The van der Waals surface area contributed by atoms with Gasteiger partial charge in [-0.3, -0.25) is 4.79 Å². The van der Waals surface area contributed by atoms with Gasteiger partial charge in [0.05, 0.1) is 106 Å². The summed E-state index contributed by atoms with van der Waals surface area (Å²) in [7, 11) is 0. The average molecular weight is 685 g/mol. The molecule has 280 valence electrons. The van der Waals surface area contributed by atoms with Gasteiger partial charge in [0.25, 0.3) is 0 Å². The summed E-state index contributed by atoms with van der Waals surface area (Å²) in [6.07, 6.45) is 8.73. The van der Waals surface area contributed by atoms with Crippen molar-refractivity contribution in [3.05, 3.63) is 0 Å². The Morgan fingerprint density at radius 2 is 1.11 bits per heavy atom. The molecule has 0 aromatic carbocycles. The third-order valence-corrected chi connectivity index (χ3v) is 7.21. The van der Waals surface area contributed by atoms with E-state index in [9.17, 15) is 4.79 Å².